The Kier molecular flexibility index (Phi) is 5.40. The quantitative estimate of drug-likeness (QED) is 0.255. The van der Waals surface area contributed by atoms with Crippen LogP contribution < -0.4 is 16.8 Å². The number of ether oxygens (including phenoxy) is 1. The van der Waals surface area contributed by atoms with Gasteiger partial charge in [-0.2, -0.15) is 0 Å². The van der Waals surface area contributed by atoms with E-state index >= 15 is 0 Å². The molecule has 0 aliphatic rings. The summed E-state index contributed by atoms with van der Waals surface area (Å²) in [7, 11) is -1.13. The third kappa shape index (κ3) is 5.33. The van der Waals surface area contributed by atoms with E-state index < -0.39 is 14.0 Å². The molecule has 8 heteroatoms. The number of amides is 1. The summed E-state index contributed by atoms with van der Waals surface area (Å²) in [6.45, 7) is 7.52. The molecule has 0 unspecified atom stereocenters. The lowest BCUT2D eigenvalue weighted by molar-refractivity contribution is 0.0833. The maximum Gasteiger partial charge on any atom is 0.284 e. The Balaban J connectivity index is 2.56. The van der Waals surface area contributed by atoms with Crippen molar-refractivity contribution in [1.29, 1.82) is 0 Å². The SMILES string of the molecule is C[Si](C)(C)CCOCn1cnc(C(=O)NN)cc1=O. The van der Waals surface area contributed by atoms with Gasteiger partial charge >= 0.3 is 0 Å². The van der Waals surface area contributed by atoms with Crippen LogP contribution in [0.3, 0.4) is 0 Å². The van der Waals surface area contributed by atoms with Crippen LogP contribution in [0.15, 0.2) is 17.2 Å². The summed E-state index contributed by atoms with van der Waals surface area (Å²) in [5.74, 6) is 4.37. The third-order valence-corrected chi connectivity index (χ3v) is 4.17. The van der Waals surface area contributed by atoms with E-state index in [-0.39, 0.29) is 18.0 Å². The van der Waals surface area contributed by atoms with Gasteiger partial charge in [-0.3, -0.25) is 19.6 Å². The molecule has 0 aliphatic heterocycles. The molecule has 1 aromatic rings. The van der Waals surface area contributed by atoms with Gasteiger partial charge in [0.2, 0.25) is 0 Å². The zero-order chi connectivity index (χ0) is 14.5. The van der Waals surface area contributed by atoms with E-state index in [1.165, 1.54) is 10.9 Å². The van der Waals surface area contributed by atoms with Gasteiger partial charge < -0.3 is 4.74 Å². The van der Waals surface area contributed by atoms with Crippen molar-refractivity contribution in [2.24, 2.45) is 5.84 Å². The van der Waals surface area contributed by atoms with Gasteiger partial charge in [0.05, 0.1) is 0 Å². The summed E-state index contributed by atoms with van der Waals surface area (Å²) >= 11 is 0. The molecule has 1 heterocycles. The van der Waals surface area contributed by atoms with Crippen molar-refractivity contribution in [3.63, 3.8) is 0 Å². The van der Waals surface area contributed by atoms with Crippen molar-refractivity contribution >= 4 is 14.0 Å². The van der Waals surface area contributed by atoms with E-state index in [2.05, 4.69) is 24.6 Å². The standard InChI is InChI=1S/C11H20N4O3Si/c1-19(2,3)5-4-18-8-15-7-13-9(6-10(15)16)11(17)14-12/h6-7H,4-5,8,12H2,1-3H3,(H,14,17). The second-order valence-electron chi connectivity index (χ2n) is 5.40. The molecule has 19 heavy (non-hydrogen) atoms. The fraction of sp³-hybridized carbons (Fsp3) is 0.545. The van der Waals surface area contributed by atoms with Crippen LogP contribution in [-0.4, -0.2) is 30.1 Å². The van der Waals surface area contributed by atoms with Crippen LogP contribution in [0.25, 0.3) is 0 Å². The van der Waals surface area contributed by atoms with Gasteiger partial charge in [0.15, 0.2) is 0 Å². The number of hydrazine groups is 1. The summed E-state index contributed by atoms with van der Waals surface area (Å²) in [5, 5.41) is 0. The minimum Gasteiger partial charge on any atom is -0.361 e. The number of nitrogens with two attached hydrogens (primary N) is 1. The highest BCUT2D eigenvalue weighted by Gasteiger charge is 2.12. The predicted molar refractivity (Wildman–Crippen MR) is 74.3 cm³/mol. The topological polar surface area (TPSA) is 99.2 Å². The number of nitrogens with zero attached hydrogens (tertiary/aromatic N) is 2. The molecule has 0 aromatic carbocycles. The van der Waals surface area contributed by atoms with Crippen molar-refractivity contribution in [2.75, 3.05) is 6.61 Å². The first kappa shape index (κ1) is 15.5. The Morgan fingerprint density at radius 1 is 1.53 bits per heavy atom. The number of aromatic nitrogens is 2. The van der Waals surface area contributed by atoms with Gasteiger partial charge in [0, 0.05) is 20.7 Å². The largest absolute Gasteiger partial charge is 0.361 e. The van der Waals surface area contributed by atoms with E-state index in [1.807, 2.05) is 5.43 Å². The van der Waals surface area contributed by atoms with Gasteiger partial charge in [-0.1, -0.05) is 19.6 Å². The molecule has 0 spiro atoms. The Morgan fingerprint density at radius 3 is 2.74 bits per heavy atom. The molecule has 0 fully saturated rings. The number of hydrogen-bond donors (Lipinski definition) is 2. The molecule has 7 nitrogen and oxygen atoms in total. The van der Waals surface area contributed by atoms with Crippen molar-refractivity contribution in [3.05, 3.63) is 28.4 Å². The Morgan fingerprint density at radius 2 is 2.21 bits per heavy atom. The lowest BCUT2D eigenvalue weighted by Crippen LogP contribution is -2.33. The molecule has 0 saturated carbocycles. The lowest BCUT2D eigenvalue weighted by atomic mass is 10.4. The zero-order valence-electron chi connectivity index (χ0n) is 11.5. The highest BCUT2D eigenvalue weighted by Crippen LogP contribution is 2.07. The van der Waals surface area contributed by atoms with Crippen LogP contribution in [-0.2, 0) is 11.5 Å². The molecule has 1 rings (SSSR count). The first-order chi connectivity index (χ1) is 8.83. The Labute approximate surface area is 112 Å². The first-order valence-electron chi connectivity index (χ1n) is 5.99. The molecular formula is C11H20N4O3Si. The first-order valence-corrected chi connectivity index (χ1v) is 9.69. The van der Waals surface area contributed by atoms with Crippen LogP contribution >= 0.6 is 0 Å². The third-order valence-electron chi connectivity index (χ3n) is 2.47. The zero-order valence-corrected chi connectivity index (χ0v) is 12.5. The minimum atomic E-state index is -1.13. The number of hydrogen-bond acceptors (Lipinski definition) is 5. The monoisotopic (exact) mass is 284 g/mol. The highest BCUT2D eigenvalue weighted by atomic mass is 28.3. The van der Waals surface area contributed by atoms with Gasteiger partial charge in [0.1, 0.15) is 18.8 Å². The van der Waals surface area contributed by atoms with Crippen molar-refractivity contribution < 1.29 is 9.53 Å². The van der Waals surface area contributed by atoms with E-state index in [4.69, 9.17) is 10.6 Å². The van der Waals surface area contributed by atoms with Crippen LogP contribution in [0.2, 0.25) is 25.7 Å². The van der Waals surface area contributed by atoms with E-state index in [1.54, 1.807) is 0 Å². The van der Waals surface area contributed by atoms with Gasteiger partial charge in [0.25, 0.3) is 11.5 Å². The molecule has 0 aliphatic carbocycles. The summed E-state index contributed by atoms with van der Waals surface area (Å²) in [5.41, 5.74) is 1.57. The van der Waals surface area contributed by atoms with Crippen molar-refractivity contribution in [1.82, 2.24) is 15.0 Å². The molecule has 0 radical (unpaired) electrons. The Hall–Kier alpha value is -1.51. The summed E-state index contributed by atoms with van der Waals surface area (Å²) in [6.07, 6.45) is 1.28. The average Bonchev–Trinajstić information content (AvgIpc) is 2.33. The normalized spacial score (nSPS) is 11.4. The van der Waals surface area contributed by atoms with E-state index in [0.29, 0.717) is 6.61 Å². The van der Waals surface area contributed by atoms with Crippen molar-refractivity contribution in [2.45, 2.75) is 32.4 Å². The molecule has 3 N–H and O–H groups in total. The molecule has 106 valence electrons. The Bertz CT molecular complexity index is 495. The number of carbonyl (C=O) groups is 1. The van der Waals surface area contributed by atoms with Crippen molar-refractivity contribution in [3.8, 4) is 0 Å². The minimum absolute atomic E-state index is 0.00847. The summed E-state index contributed by atoms with van der Waals surface area (Å²) in [6, 6.07) is 2.16. The fourth-order valence-electron chi connectivity index (χ4n) is 1.26. The summed E-state index contributed by atoms with van der Waals surface area (Å²) < 4.78 is 6.74. The van der Waals surface area contributed by atoms with E-state index in [9.17, 15) is 9.59 Å². The molecule has 1 aromatic heterocycles. The molecule has 0 saturated heterocycles. The van der Waals surface area contributed by atoms with Gasteiger partial charge in [-0.15, -0.1) is 0 Å². The van der Waals surface area contributed by atoms with Crippen LogP contribution in [0.4, 0.5) is 0 Å². The number of carbonyl (C=O) groups excluding carboxylic acids is 1. The number of rotatable bonds is 6. The molecule has 0 atom stereocenters. The van der Waals surface area contributed by atoms with Gasteiger partial charge in [-0.25, -0.2) is 10.8 Å². The maximum atomic E-state index is 11.7. The predicted octanol–water partition coefficient (Wildman–Crippen LogP) is 0.159. The second kappa shape index (κ2) is 6.59. The van der Waals surface area contributed by atoms with Crippen LogP contribution in [0, 0.1) is 0 Å². The molecule has 0 bridgehead atoms. The fourth-order valence-corrected chi connectivity index (χ4v) is 2.02. The van der Waals surface area contributed by atoms with Crippen LogP contribution in [0.5, 0.6) is 0 Å². The average molecular weight is 284 g/mol. The smallest absolute Gasteiger partial charge is 0.284 e. The second-order valence-corrected chi connectivity index (χ2v) is 11.0. The lowest BCUT2D eigenvalue weighted by Gasteiger charge is -2.15. The molecular weight excluding hydrogens is 264 g/mol. The highest BCUT2D eigenvalue weighted by molar-refractivity contribution is 6.76. The summed E-state index contributed by atoms with van der Waals surface area (Å²) in [4.78, 5) is 26.7. The van der Waals surface area contributed by atoms with Crippen LogP contribution in [0.1, 0.15) is 10.5 Å². The van der Waals surface area contributed by atoms with Gasteiger partial charge in [-0.05, 0) is 6.04 Å². The molecule has 1 amide bonds. The maximum absolute atomic E-state index is 11.7. The number of nitrogen functional groups attached to an aromatic ring is 1. The van der Waals surface area contributed by atoms with E-state index in [0.717, 1.165) is 12.1 Å². The number of nitrogens with one attached hydrogen (secondary N) is 1.